The Bertz CT molecular complexity index is 1810. The van der Waals surface area contributed by atoms with Crippen LogP contribution in [0.4, 0.5) is 5.69 Å². The molecule has 3 aromatic carbocycles. The fourth-order valence-electron chi connectivity index (χ4n) is 5.82. The largest absolute Gasteiger partial charge is 0.344 e. The molecule has 1 saturated heterocycles. The van der Waals surface area contributed by atoms with Gasteiger partial charge in [-0.1, -0.05) is 54.1 Å². The second kappa shape index (κ2) is 14.5. The average Bonchev–Trinajstić information content (AvgIpc) is 3.60. The molecular weight excluding hydrogens is 620 g/mol. The molecule has 1 aromatic heterocycles. The topological polar surface area (TPSA) is 99.7 Å². The van der Waals surface area contributed by atoms with Crippen molar-refractivity contribution in [3.05, 3.63) is 112 Å². The molecule has 10 heteroatoms. The molecule has 5 rings (SSSR count). The molecule has 0 unspecified atom stereocenters. The molecular formula is C36H39ClN4O4S. The predicted molar refractivity (Wildman–Crippen MR) is 182 cm³/mol. The molecule has 0 saturated carbocycles. The van der Waals surface area contributed by atoms with Gasteiger partial charge in [-0.25, -0.2) is 8.42 Å². The number of likely N-dealkylation sites (tertiary alicyclic amines) is 1. The minimum Gasteiger partial charge on any atom is -0.344 e. The van der Waals surface area contributed by atoms with Crippen LogP contribution in [0.2, 0.25) is 5.02 Å². The second-order valence-corrected chi connectivity index (χ2v) is 14.1. The van der Waals surface area contributed by atoms with Crippen LogP contribution in [0, 0.1) is 13.8 Å². The van der Waals surface area contributed by atoms with Crippen molar-refractivity contribution < 1.29 is 18.0 Å². The summed E-state index contributed by atoms with van der Waals surface area (Å²) in [5, 5.41) is 3.51. The van der Waals surface area contributed by atoms with Crippen molar-refractivity contribution in [2.45, 2.75) is 56.9 Å². The molecule has 1 N–H and O–H groups in total. The van der Waals surface area contributed by atoms with Crippen molar-refractivity contribution in [1.29, 1.82) is 0 Å². The molecule has 46 heavy (non-hydrogen) atoms. The molecule has 0 spiro atoms. The van der Waals surface area contributed by atoms with E-state index in [2.05, 4.69) is 10.3 Å². The Kier molecular flexibility index (Phi) is 10.4. The van der Waals surface area contributed by atoms with Gasteiger partial charge in [0.25, 0.3) is 10.0 Å². The maximum atomic E-state index is 13.7. The third-order valence-corrected chi connectivity index (χ3v) is 10.8. The number of para-hydroxylation sites is 1. The lowest BCUT2D eigenvalue weighted by Crippen LogP contribution is -2.49. The van der Waals surface area contributed by atoms with Gasteiger partial charge in [0.05, 0.1) is 10.6 Å². The first kappa shape index (κ1) is 33.2. The Morgan fingerprint density at radius 2 is 1.59 bits per heavy atom. The highest BCUT2D eigenvalue weighted by molar-refractivity contribution is 7.92. The van der Waals surface area contributed by atoms with E-state index in [1.807, 2.05) is 53.4 Å². The van der Waals surface area contributed by atoms with E-state index in [1.54, 1.807) is 50.5 Å². The number of anilines is 1. The summed E-state index contributed by atoms with van der Waals surface area (Å²) in [7, 11) is -2.38. The molecule has 8 nitrogen and oxygen atoms in total. The molecule has 0 aliphatic carbocycles. The Morgan fingerprint density at radius 3 is 2.28 bits per heavy atom. The minimum absolute atomic E-state index is 0.0797. The summed E-state index contributed by atoms with van der Waals surface area (Å²) < 4.78 is 28.6. The third kappa shape index (κ3) is 7.59. The third-order valence-electron chi connectivity index (χ3n) is 8.51. The number of carbonyl (C=O) groups is 2. The van der Waals surface area contributed by atoms with Gasteiger partial charge < -0.3 is 10.2 Å². The van der Waals surface area contributed by atoms with Crippen molar-refractivity contribution in [3.8, 4) is 11.1 Å². The van der Waals surface area contributed by atoms with E-state index < -0.39 is 16.1 Å². The molecule has 240 valence electrons. The van der Waals surface area contributed by atoms with Crippen LogP contribution in [-0.2, 0) is 32.5 Å². The normalized spacial score (nSPS) is 13.8. The minimum atomic E-state index is -3.90. The molecule has 2 heterocycles. The highest BCUT2D eigenvalue weighted by atomic mass is 35.5. The lowest BCUT2D eigenvalue weighted by molar-refractivity contribution is -0.135. The van der Waals surface area contributed by atoms with Crippen LogP contribution in [0.15, 0.2) is 90.1 Å². The van der Waals surface area contributed by atoms with E-state index in [4.69, 9.17) is 11.6 Å². The maximum Gasteiger partial charge on any atom is 0.264 e. The maximum absolute atomic E-state index is 13.7. The number of aromatic nitrogens is 1. The number of halogens is 1. The van der Waals surface area contributed by atoms with Crippen molar-refractivity contribution in [2.75, 3.05) is 24.4 Å². The molecule has 2 amide bonds. The summed E-state index contributed by atoms with van der Waals surface area (Å²) in [5.41, 5.74) is 5.47. The quantitative estimate of drug-likeness (QED) is 0.209. The molecule has 1 aliphatic rings. The number of nitrogens with one attached hydrogen (secondary N) is 1. The average molecular weight is 659 g/mol. The second-order valence-electron chi connectivity index (χ2n) is 11.8. The summed E-state index contributed by atoms with van der Waals surface area (Å²) in [6, 6.07) is 21.6. The van der Waals surface area contributed by atoms with E-state index in [1.165, 1.54) is 11.4 Å². The Labute approximate surface area is 276 Å². The Hall–Kier alpha value is -4.21. The number of sulfonamides is 1. The number of hydrogen-bond donors (Lipinski definition) is 1. The zero-order valence-electron chi connectivity index (χ0n) is 26.4. The van der Waals surface area contributed by atoms with Gasteiger partial charge in [-0.15, -0.1) is 0 Å². The molecule has 1 fully saturated rings. The van der Waals surface area contributed by atoms with Crippen LogP contribution in [0.1, 0.15) is 41.5 Å². The lowest BCUT2D eigenvalue weighted by Gasteiger charge is -2.25. The number of pyridine rings is 1. The zero-order valence-corrected chi connectivity index (χ0v) is 27.9. The van der Waals surface area contributed by atoms with Crippen LogP contribution < -0.4 is 9.62 Å². The van der Waals surface area contributed by atoms with Crippen LogP contribution in [0.5, 0.6) is 0 Å². The number of hydrogen-bond acceptors (Lipinski definition) is 5. The van der Waals surface area contributed by atoms with Gasteiger partial charge in [0.15, 0.2) is 0 Å². The van der Waals surface area contributed by atoms with Crippen molar-refractivity contribution in [1.82, 2.24) is 15.2 Å². The van der Waals surface area contributed by atoms with Gasteiger partial charge in [0.1, 0.15) is 6.04 Å². The van der Waals surface area contributed by atoms with Crippen molar-refractivity contribution >= 4 is 39.1 Å². The van der Waals surface area contributed by atoms with Crippen LogP contribution in [0.25, 0.3) is 11.1 Å². The predicted octanol–water partition coefficient (Wildman–Crippen LogP) is 6.13. The van der Waals surface area contributed by atoms with Gasteiger partial charge in [0.2, 0.25) is 11.8 Å². The summed E-state index contributed by atoms with van der Waals surface area (Å²) in [6.07, 6.45) is 6.17. The van der Waals surface area contributed by atoms with Gasteiger partial charge in [-0.05, 0) is 96.8 Å². The van der Waals surface area contributed by atoms with E-state index in [-0.39, 0.29) is 23.1 Å². The lowest BCUT2D eigenvalue weighted by atomic mass is 10.00. The monoisotopic (exact) mass is 658 g/mol. The van der Waals surface area contributed by atoms with Gasteiger partial charge >= 0.3 is 0 Å². The first-order chi connectivity index (χ1) is 22.0. The van der Waals surface area contributed by atoms with E-state index >= 15 is 0 Å². The summed E-state index contributed by atoms with van der Waals surface area (Å²) in [6.45, 7) is 4.87. The number of aryl methyl sites for hydroxylation is 3. The fraction of sp³-hybridized carbons (Fsp3) is 0.306. The fourth-order valence-corrected chi connectivity index (χ4v) is 7.57. The number of nitrogens with zero attached hydrogens (tertiary/aromatic N) is 3. The van der Waals surface area contributed by atoms with Crippen molar-refractivity contribution in [3.63, 3.8) is 0 Å². The van der Waals surface area contributed by atoms with Crippen molar-refractivity contribution in [2.24, 2.45) is 0 Å². The molecule has 0 bridgehead atoms. The van der Waals surface area contributed by atoms with Gasteiger partial charge in [0, 0.05) is 50.4 Å². The summed E-state index contributed by atoms with van der Waals surface area (Å²) in [4.78, 5) is 33.0. The summed E-state index contributed by atoms with van der Waals surface area (Å²) in [5.74, 6) is -0.348. The first-order valence-corrected chi connectivity index (χ1v) is 17.3. The number of amides is 2. The smallest absolute Gasteiger partial charge is 0.264 e. The van der Waals surface area contributed by atoms with E-state index in [0.717, 1.165) is 29.5 Å². The Morgan fingerprint density at radius 1 is 0.935 bits per heavy atom. The van der Waals surface area contributed by atoms with E-state index in [0.29, 0.717) is 53.3 Å². The van der Waals surface area contributed by atoms with Gasteiger partial charge in [-0.3, -0.25) is 18.9 Å². The molecule has 4 aromatic rings. The molecule has 1 atom stereocenters. The first-order valence-electron chi connectivity index (χ1n) is 15.5. The highest BCUT2D eigenvalue weighted by Crippen LogP contribution is 2.30. The van der Waals surface area contributed by atoms with E-state index in [9.17, 15) is 18.0 Å². The number of carbonyl (C=O) groups excluding carboxylic acids is 2. The summed E-state index contributed by atoms with van der Waals surface area (Å²) >= 11 is 6.22. The Balaban J connectivity index is 1.30. The zero-order chi connectivity index (χ0) is 32.8. The van der Waals surface area contributed by atoms with Crippen LogP contribution in [0.3, 0.4) is 0 Å². The molecule has 0 radical (unpaired) electrons. The number of benzene rings is 3. The van der Waals surface area contributed by atoms with Crippen LogP contribution >= 0.6 is 11.6 Å². The highest BCUT2D eigenvalue weighted by Gasteiger charge is 2.29. The number of rotatable bonds is 11. The van der Waals surface area contributed by atoms with Crippen LogP contribution in [-0.4, -0.2) is 56.3 Å². The van der Waals surface area contributed by atoms with Gasteiger partial charge in [-0.2, -0.15) is 0 Å². The SMILES string of the molecule is Cc1cc(S(=O)(=O)N(C)c2ccccc2CCC(=O)N[C@H](Cc2ccc(-c3ccncc3)cc2)C(=O)N2CCCC2)c(C)cc1Cl. The molecule has 1 aliphatic heterocycles. The standard InChI is InChI=1S/C36H39ClN4O4S/c1-25-23-34(26(2)22-31(25)37)46(44,45)40(3)33-9-5-4-8-30(33)14-15-35(42)39-32(36(43)41-20-6-7-21-41)24-27-10-12-28(13-11-27)29-16-18-38-19-17-29/h4-5,8-13,16-19,22-23,32H,6-7,14-15,20-21,24H2,1-3H3,(H,39,42)/t32-/m1/s1.